The number of rotatable bonds is 6. The van der Waals surface area contributed by atoms with Crippen molar-refractivity contribution in [3.8, 4) is 5.75 Å². The average Bonchev–Trinajstić information content (AvgIpc) is 2.56. The number of nitrogens with zero attached hydrogens (tertiary/aromatic N) is 2. The highest BCUT2D eigenvalue weighted by molar-refractivity contribution is 5.87. The van der Waals surface area contributed by atoms with Crippen molar-refractivity contribution in [2.24, 2.45) is 0 Å². The second kappa shape index (κ2) is 7.96. The fourth-order valence-corrected chi connectivity index (χ4v) is 2.59. The van der Waals surface area contributed by atoms with Crippen LogP contribution in [0.15, 0.2) is 36.9 Å². The molecule has 1 aliphatic heterocycles. The van der Waals surface area contributed by atoms with E-state index in [-0.39, 0.29) is 11.9 Å². The fourth-order valence-electron chi connectivity index (χ4n) is 2.59. The van der Waals surface area contributed by atoms with E-state index >= 15 is 0 Å². The van der Waals surface area contributed by atoms with Crippen molar-refractivity contribution < 1.29 is 9.53 Å². The second-order valence-corrected chi connectivity index (χ2v) is 5.64. The lowest BCUT2D eigenvalue weighted by molar-refractivity contribution is -0.117. The van der Waals surface area contributed by atoms with E-state index < -0.39 is 0 Å². The zero-order chi connectivity index (χ0) is 15.9. The average molecular weight is 303 g/mol. The molecule has 1 amide bonds. The minimum atomic E-state index is -0.144. The molecule has 0 spiro atoms. The Morgan fingerprint density at radius 3 is 2.50 bits per heavy atom. The molecule has 2 rings (SSSR count). The quantitative estimate of drug-likeness (QED) is 0.804. The first-order valence-corrected chi connectivity index (χ1v) is 7.60. The van der Waals surface area contributed by atoms with Crippen LogP contribution in [0, 0.1) is 0 Å². The number of likely N-dealkylation sites (N-methyl/N-ethyl adjacent to an activating group) is 1. The van der Waals surface area contributed by atoms with Crippen molar-refractivity contribution in [3.63, 3.8) is 0 Å². The number of carbonyl (C=O) groups is 1. The first-order valence-electron chi connectivity index (χ1n) is 7.60. The van der Waals surface area contributed by atoms with E-state index in [2.05, 4.69) is 28.7 Å². The van der Waals surface area contributed by atoms with Gasteiger partial charge in [0.05, 0.1) is 13.2 Å². The maximum Gasteiger partial charge on any atom is 0.243 e. The number of hydrogen-bond donors (Lipinski definition) is 1. The van der Waals surface area contributed by atoms with Crippen LogP contribution < -0.4 is 10.1 Å². The van der Waals surface area contributed by atoms with E-state index in [0.29, 0.717) is 0 Å². The molecule has 0 radical (unpaired) electrons. The number of benzene rings is 1. The zero-order valence-corrected chi connectivity index (χ0v) is 13.4. The van der Waals surface area contributed by atoms with Crippen molar-refractivity contribution in [1.82, 2.24) is 15.1 Å². The van der Waals surface area contributed by atoms with Gasteiger partial charge in [0.2, 0.25) is 5.91 Å². The Hall–Kier alpha value is -1.85. The largest absolute Gasteiger partial charge is 0.497 e. The SMILES string of the molecule is C=CC(=O)NC(CN1CCN(C)CC1)c1ccc(OC)cc1. The Kier molecular flexibility index (Phi) is 5.98. The Morgan fingerprint density at radius 1 is 1.32 bits per heavy atom. The molecular weight excluding hydrogens is 278 g/mol. The van der Waals surface area contributed by atoms with Crippen LogP contribution >= 0.6 is 0 Å². The van der Waals surface area contributed by atoms with Crippen molar-refractivity contribution in [2.75, 3.05) is 46.9 Å². The maximum absolute atomic E-state index is 11.7. The summed E-state index contributed by atoms with van der Waals surface area (Å²) in [5.74, 6) is 0.673. The summed E-state index contributed by atoms with van der Waals surface area (Å²) in [6.07, 6.45) is 1.32. The van der Waals surface area contributed by atoms with Crippen LogP contribution in [0.3, 0.4) is 0 Å². The summed E-state index contributed by atoms with van der Waals surface area (Å²) >= 11 is 0. The molecule has 1 N–H and O–H groups in total. The first kappa shape index (κ1) is 16.5. The van der Waals surface area contributed by atoms with Gasteiger partial charge in [0, 0.05) is 32.7 Å². The standard InChI is InChI=1S/C17H25N3O2/c1-4-17(21)18-16(13-20-11-9-19(2)10-12-20)14-5-7-15(22-3)8-6-14/h4-8,16H,1,9-13H2,2-3H3,(H,18,21). The highest BCUT2D eigenvalue weighted by atomic mass is 16.5. The lowest BCUT2D eigenvalue weighted by atomic mass is 10.1. The van der Waals surface area contributed by atoms with E-state index in [4.69, 9.17) is 4.74 Å². The normalized spacial score (nSPS) is 17.7. The van der Waals surface area contributed by atoms with Crippen LogP contribution in [-0.4, -0.2) is 62.6 Å². The Labute approximate surface area is 132 Å². The molecule has 1 aromatic rings. The topological polar surface area (TPSA) is 44.8 Å². The summed E-state index contributed by atoms with van der Waals surface area (Å²) in [5.41, 5.74) is 1.08. The van der Waals surface area contributed by atoms with E-state index in [1.807, 2.05) is 24.3 Å². The molecule has 0 aromatic heterocycles. The van der Waals surface area contributed by atoms with Gasteiger partial charge in [-0.1, -0.05) is 18.7 Å². The minimum absolute atomic E-state index is 0.0418. The predicted octanol–water partition coefficient (Wildman–Crippen LogP) is 1.29. The molecule has 1 aromatic carbocycles. The number of carbonyl (C=O) groups excluding carboxylic acids is 1. The number of hydrogen-bond acceptors (Lipinski definition) is 4. The van der Waals surface area contributed by atoms with Crippen LogP contribution in [0.25, 0.3) is 0 Å². The smallest absolute Gasteiger partial charge is 0.243 e. The monoisotopic (exact) mass is 303 g/mol. The highest BCUT2D eigenvalue weighted by Gasteiger charge is 2.20. The third-order valence-corrected chi connectivity index (χ3v) is 4.06. The van der Waals surface area contributed by atoms with Crippen molar-refractivity contribution in [1.29, 1.82) is 0 Å². The highest BCUT2D eigenvalue weighted by Crippen LogP contribution is 2.19. The molecular formula is C17H25N3O2. The molecule has 22 heavy (non-hydrogen) atoms. The maximum atomic E-state index is 11.7. The van der Waals surface area contributed by atoms with Gasteiger partial charge in [0.15, 0.2) is 0 Å². The predicted molar refractivity (Wildman–Crippen MR) is 88.0 cm³/mol. The Morgan fingerprint density at radius 2 is 1.95 bits per heavy atom. The summed E-state index contributed by atoms with van der Waals surface area (Å²) in [6, 6.07) is 7.81. The Bertz CT molecular complexity index is 493. The van der Waals surface area contributed by atoms with E-state index in [1.54, 1.807) is 7.11 Å². The van der Waals surface area contributed by atoms with Gasteiger partial charge in [0.1, 0.15) is 5.75 Å². The molecule has 1 unspecified atom stereocenters. The molecule has 5 heteroatoms. The van der Waals surface area contributed by atoms with Gasteiger partial charge in [-0.25, -0.2) is 0 Å². The van der Waals surface area contributed by atoms with Crippen LogP contribution in [0.2, 0.25) is 0 Å². The van der Waals surface area contributed by atoms with Crippen molar-refractivity contribution >= 4 is 5.91 Å². The summed E-state index contributed by atoms with van der Waals surface area (Å²) < 4.78 is 5.19. The minimum Gasteiger partial charge on any atom is -0.497 e. The lowest BCUT2D eigenvalue weighted by Crippen LogP contribution is -2.47. The number of amides is 1. The van der Waals surface area contributed by atoms with Crippen LogP contribution in [0.4, 0.5) is 0 Å². The Balaban J connectivity index is 2.07. The van der Waals surface area contributed by atoms with Gasteiger partial charge in [-0.05, 0) is 30.8 Å². The third-order valence-electron chi connectivity index (χ3n) is 4.06. The molecule has 1 aliphatic rings. The van der Waals surface area contributed by atoms with Crippen LogP contribution in [0.1, 0.15) is 11.6 Å². The van der Waals surface area contributed by atoms with E-state index in [0.717, 1.165) is 44.0 Å². The van der Waals surface area contributed by atoms with E-state index in [1.165, 1.54) is 6.08 Å². The summed E-state index contributed by atoms with van der Waals surface area (Å²) in [5, 5.41) is 3.03. The van der Waals surface area contributed by atoms with Gasteiger partial charge in [0.25, 0.3) is 0 Å². The summed E-state index contributed by atoms with van der Waals surface area (Å²) in [6.45, 7) is 8.51. The third kappa shape index (κ3) is 4.58. The number of nitrogens with one attached hydrogen (secondary N) is 1. The molecule has 5 nitrogen and oxygen atoms in total. The van der Waals surface area contributed by atoms with E-state index in [9.17, 15) is 4.79 Å². The second-order valence-electron chi connectivity index (χ2n) is 5.64. The zero-order valence-electron chi connectivity index (χ0n) is 13.4. The van der Waals surface area contributed by atoms with Gasteiger partial charge in [-0.2, -0.15) is 0 Å². The molecule has 0 saturated carbocycles. The number of ether oxygens (including phenoxy) is 1. The molecule has 1 saturated heterocycles. The van der Waals surface area contributed by atoms with Crippen molar-refractivity contribution in [3.05, 3.63) is 42.5 Å². The number of methoxy groups -OCH3 is 1. The lowest BCUT2D eigenvalue weighted by Gasteiger charge is -2.35. The summed E-state index contributed by atoms with van der Waals surface area (Å²) in [7, 11) is 3.79. The van der Waals surface area contributed by atoms with Gasteiger partial charge in [-0.15, -0.1) is 0 Å². The summed E-state index contributed by atoms with van der Waals surface area (Å²) in [4.78, 5) is 16.4. The van der Waals surface area contributed by atoms with Crippen molar-refractivity contribution in [2.45, 2.75) is 6.04 Å². The first-order chi connectivity index (χ1) is 10.6. The van der Waals surface area contributed by atoms with Gasteiger partial charge < -0.3 is 15.0 Å². The molecule has 0 bridgehead atoms. The molecule has 120 valence electrons. The molecule has 1 atom stereocenters. The molecule has 1 fully saturated rings. The molecule has 0 aliphatic carbocycles. The van der Waals surface area contributed by atoms with Crippen LogP contribution in [0.5, 0.6) is 5.75 Å². The molecule has 1 heterocycles. The number of piperazine rings is 1. The van der Waals surface area contributed by atoms with Gasteiger partial charge >= 0.3 is 0 Å². The van der Waals surface area contributed by atoms with Crippen LogP contribution in [-0.2, 0) is 4.79 Å². The fraction of sp³-hybridized carbons (Fsp3) is 0.471. The van der Waals surface area contributed by atoms with Gasteiger partial charge in [-0.3, -0.25) is 9.69 Å².